The average molecular weight is 463 g/mol. The Bertz CT molecular complexity index is 1150. The summed E-state index contributed by atoms with van der Waals surface area (Å²) in [7, 11) is 0. The summed E-state index contributed by atoms with van der Waals surface area (Å²) in [5, 5.41) is 11.2. The van der Waals surface area contributed by atoms with Crippen molar-refractivity contribution in [2.45, 2.75) is 6.92 Å². The Balaban J connectivity index is 1.54. The number of para-hydroxylation sites is 1. The van der Waals surface area contributed by atoms with E-state index in [1.807, 2.05) is 67.6 Å². The van der Waals surface area contributed by atoms with E-state index in [-0.39, 0.29) is 5.91 Å². The molecule has 4 aromatic rings. The summed E-state index contributed by atoms with van der Waals surface area (Å²) in [5.74, 6) is 0.346. The van der Waals surface area contributed by atoms with Gasteiger partial charge in [0.2, 0.25) is 0 Å². The first-order chi connectivity index (χ1) is 14.7. The van der Waals surface area contributed by atoms with Gasteiger partial charge in [-0.15, -0.1) is 5.10 Å². The van der Waals surface area contributed by atoms with Crippen molar-refractivity contribution in [1.82, 2.24) is 15.0 Å². The van der Waals surface area contributed by atoms with Gasteiger partial charge in [0.25, 0.3) is 5.91 Å². The van der Waals surface area contributed by atoms with E-state index in [1.54, 1.807) is 23.0 Å². The van der Waals surface area contributed by atoms with Crippen LogP contribution in [0.15, 0.2) is 83.5 Å². The molecule has 0 saturated carbocycles. The number of halogens is 1. The van der Waals surface area contributed by atoms with Crippen molar-refractivity contribution < 1.29 is 9.53 Å². The van der Waals surface area contributed by atoms with Gasteiger partial charge in [0.05, 0.1) is 29.7 Å². The molecule has 6 nitrogen and oxygen atoms in total. The molecule has 0 aliphatic carbocycles. The van der Waals surface area contributed by atoms with Crippen molar-refractivity contribution in [2.24, 2.45) is 0 Å². The molecule has 1 heterocycles. The second-order valence-electron chi connectivity index (χ2n) is 6.47. The fourth-order valence-corrected chi connectivity index (χ4v) is 3.33. The van der Waals surface area contributed by atoms with Crippen LogP contribution in [0.4, 0.5) is 5.69 Å². The van der Waals surface area contributed by atoms with Gasteiger partial charge in [-0.05, 0) is 55.5 Å². The van der Waals surface area contributed by atoms with Gasteiger partial charge >= 0.3 is 0 Å². The van der Waals surface area contributed by atoms with Crippen LogP contribution in [0.1, 0.15) is 17.3 Å². The van der Waals surface area contributed by atoms with E-state index in [4.69, 9.17) is 4.74 Å². The first kappa shape index (κ1) is 19.8. The van der Waals surface area contributed by atoms with Crippen LogP contribution in [-0.4, -0.2) is 27.5 Å². The molecular formula is C23H19BrN4O2. The lowest BCUT2D eigenvalue weighted by Gasteiger charge is -2.11. The Morgan fingerprint density at radius 1 is 1.03 bits per heavy atom. The number of ether oxygens (including phenoxy) is 1. The minimum absolute atomic E-state index is 0.219. The highest BCUT2D eigenvalue weighted by atomic mass is 79.9. The van der Waals surface area contributed by atoms with Crippen molar-refractivity contribution in [3.05, 3.63) is 89.0 Å². The normalized spacial score (nSPS) is 10.6. The standard InChI is InChI=1S/C23H19BrN4O2/c1-2-30-22-6-4-3-5-20(22)23(29)26-18-11-13-19(14-12-18)28-21(15-25-27-28)16-7-9-17(24)10-8-16/h3-15H,2H2,1H3,(H,26,29). The zero-order valence-corrected chi connectivity index (χ0v) is 17.8. The van der Waals surface area contributed by atoms with Gasteiger partial charge in [-0.25, -0.2) is 4.68 Å². The lowest BCUT2D eigenvalue weighted by atomic mass is 10.1. The van der Waals surface area contributed by atoms with Crippen LogP contribution in [0.3, 0.4) is 0 Å². The number of hydrogen-bond acceptors (Lipinski definition) is 4. The molecule has 0 spiro atoms. The SMILES string of the molecule is CCOc1ccccc1C(=O)Nc1ccc(-n2nncc2-c2ccc(Br)cc2)cc1. The van der Waals surface area contributed by atoms with Crippen molar-refractivity contribution in [3.63, 3.8) is 0 Å². The van der Waals surface area contributed by atoms with Gasteiger partial charge < -0.3 is 10.1 Å². The smallest absolute Gasteiger partial charge is 0.259 e. The fraction of sp³-hybridized carbons (Fsp3) is 0.0870. The minimum Gasteiger partial charge on any atom is -0.493 e. The van der Waals surface area contributed by atoms with Crippen LogP contribution >= 0.6 is 15.9 Å². The number of hydrogen-bond donors (Lipinski definition) is 1. The molecule has 0 atom stereocenters. The number of carbonyl (C=O) groups excluding carboxylic acids is 1. The summed E-state index contributed by atoms with van der Waals surface area (Å²) >= 11 is 3.45. The zero-order chi connectivity index (χ0) is 20.9. The van der Waals surface area contributed by atoms with Crippen molar-refractivity contribution >= 4 is 27.5 Å². The van der Waals surface area contributed by atoms with E-state index in [0.717, 1.165) is 21.4 Å². The Hall–Kier alpha value is -3.45. The molecule has 0 aliphatic heterocycles. The summed E-state index contributed by atoms with van der Waals surface area (Å²) < 4.78 is 8.32. The molecule has 3 aromatic carbocycles. The number of nitrogens with one attached hydrogen (secondary N) is 1. The third-order valence-electron chi connectivity index (χ3n) is 4.49. The van der Waals surface area contributed by atoms with Crippen LogP contribution in [0.2, 0.25) is 0 Å². The van der Waals surface area contributed by atoms with E-state index < -0.39 is 0 Å². The molecule has 0 aliphatic rings. The van der Waals surface area contributed by atoms with E-state index >= 15 is 0 Å². The minimum atomic E-state index is -0.219. The fourth-order valence-electron chi connectivity index (χ4n) is 3.06. The lowest BCUT2D eigenvalue weighted by molar-refractivity contribution is 0.102. The Morgan fingerprint density at radius 3 is 2.50 bits per heavy atom. The monoisotopic (exact) mass is 462 g/mol. The molecule has 1 amide bonds. The van der Waals surface area contributed by atoms with Gasteiger partial charge in [-0.2, -0.15) is 0 Å². The highest BCUT2D eigenvalue weighted by Gasteiger charge is 2.13. The number of aromatic nitrogens is 3. The molecule has 1 N–H and O–H groups in total. The molecule has 0 saturated heterocycles. The molecule has 0 unspecified atom stereocenters. The molecule has 1 aromatic heterocycles. The summed E-state index contributed by atoms with van der Waals surface area (Å²) in [4.78, 5) is 12.7. The van der Waals surface area contributed by atoms with E-state index in [0.29, 0.717) is 23.6 Å². The van der Waals surface area contributed by atoms with Gasteiger partial charge in [-0.3, -0.25) is 4.79 Å². The topological polar surface area (TPSA) is 69.0 Å². The quantitative estimate of drug-likeness (QED) is 0.419. The number of benzene rings is 3. The van der Waals surface area contributed by atoms with E-state index in [2.05, 4.69) is 31.6 Å². The largest absolute Gasteiger partial charge is 0.493 e. The van der Waals surface area contributed by atoms with Gasteiger partial charge in [0.1, 0.15) is 5.75 Å². The number of amides is 1. The summed E-state index contributed by atoms with van der Waals surface area (Å²) in [6, 6.07) is 22.6. The van der Waals surface area contributed by atoms with Crippen LogP contribution in [0.5, 0.6) is 5.75 Å². The van der Waals surface area contributed by atoms with E-state index in [1.165, 1.54) is 0 Å². The van der Waals surface area contributed by atoms with Crippen LogP contribution in [0.25, 0.3) is 16.9 Å². The van der Waals surface area contributed by atoms with Crippen molar-refractivity contribution in [2.75, 3.05) is 11.9 Å². The highest BCUT2D eigenvalue weighted by Crippen LogP contribution is 2.25. The summed E-state index contributed by atoms with van der Waals surface area (Å²) in [5.41, 5.74) is 3.91. The molecule has 0 fully saturated rings. The second-order valence-corrected chi connectivity index (χ2v) is 7.38. The summed E-state index contributed by atoms with van der Waals surface area (Å²) in [6.45, 7) is 2.39. The lowest BCUT2D eigenvalue weighted by Crippen LogP contribution is -2.13. The maximum Gasteiger partial charge on any atom is 0.259 e. The second kappa shape index (κ2) is 8.92. The third-order valence-corrected chi connectivity index (χ3v) is 5.02. The van der Waals surface area contributed by atoms with Crippen LogP contribution < -0.4 is 10.1 Å². The molecule has 0 bridgehead atoms. The predicted molar refractivity (Wildman–Crippen MR) is 120 cm³/mol. The molecule has 4 rings (SSSR count). The van der Waals surface area contributed by atoms with Crippen molar-refractivity contribution in [1.29, 1.82) is 0 Å². The maximum absolute atomic E-state index is 12.7. The number of anilines is 1. The zero-order valence-electron chi connectivity index (χ0n) is 16.2. The average Bonchev–Trinajstić information content (AvgIpc) is 3.25. The van der Waals surface area contributed by atoms with Gasteiger partial charge in [-0.1, -0.05) is 45.4 Å². The molecule has 0 radical (unpaired) electrons. The maximum atomic E-state index is 12.7. The third kappa shape index (κ3) is 4.26. The van der Waals surface area contributed by atoms with Crippen LogP contribution in [-0.2, 0) is 0 Å². The Kier molecular flexibility index (Phi) is 5.90. The Morgan fingerprint density at radius 2 is 1.77 bits per heavy atom. The number of carbonyl (C=O) groups is 1. The Labute approximate surface area is 182 Å². The van der Waals surface area contributed by atoms with Crippen molar-refractivity contribution in [3.8, 4) is 22.7 Å². The summed E-state index contributed by atoms with van der Waals surface area (Å²) in [6.07, 6.45) is 1.73. The highest BCUT2D eigenvalue weighted by molar-refractivity contribution is 9.10. The van der Waals surface area contributed by atoms with Gasteiger partial charge in [0, 0.05) is 15.7 Å². The molecule has 150 valence electrons. The molecular weight excluding hydrogens is 444 g/mol. The number of rotatable bonds is 6. The van der Waals surface area contributed by atoms with E-state index in [9.17, 15) is 4.79 Å². The molecule has 7 heteroatoms. The number of nitrogens with zero attached hydrogens (tertiary/aromatic N) is 3. The predicted octanol–water partition coefficient (Wildman–Crippen LogP) is 5.35. The first-order valence-electron chi connectivity index (χ1n) is 9.46. The first-order valence-corrected chi connectivity index (χ1v) is 10.3. The molecule has 30 heavy (non-hydrogen) atoms. The van der Waals surface area contributed by atoms with Gasteiger partial charge in [0.15, 0.2) is 0 Å². The van der Waals surface area contributed by atoms with Crippen LogP contribution in [0, 0.1) is 0 Å².